The normalized spacial score (nSPS) is 12.8. The molecule has 0 aliphatic heterocycles. The van der Waals surface area contributed by atoms with Crippen LogP contribution in [0.5, 0.6) is 17.2 Å². The summed E-state index contributed by atoms with van der Waals surface area (Å²) in [7, 11) is 6.75. The smallest absolute Gasteiger partial charge is 0.282 e. The zero-order valence-corrected chi connectivity index (χ0v) is 17.0. The molecule has 0 bridgehead atoms. The van der Waals surface area contributed by atoms with Gasteiger partial charge in [0.15, 0.2) is 6.04 Å². The van der Waals surface area contributed by atoms with E-state index < -0.39 is 0 Å². The minimum atomic E-state index is -0.305. The lowest BCUT2D eigenvalue weighted by molar-refractivity contribution is -0.907. The molecule has 0 spiro atoms. The predicted molar refractivity (Wildman–Crippen MR) is 106 cm³/mol. The highest BCUT2D eigenvalue weighted by Gasteiger charge is 2.24. The zero-order valence-electron chi connectivity index (χ0n) is 16.3. The number of rotatable bonds is 8. The number of halogens is 1. The Hall–Kier alpha value is -2.44. The summed E-state index contributed by atoms with van der Waals surface area (Å²) in [4.78, 5) is 13.7. The Labute approximate surface area is 165 Å². The molecule has 0 radical (unpaired) electrons. The van der Waals surface area contributed by atoms with Crippen LogP contribution in [0.25, 0.3) is 0 Å². The molecule has 2 N–H and O–H groups in total. The maximum atomic E-state index is 12.7. The van der Waals surface area contributed by atoms with Gasteiger partial charge in [-0.15, -0.1) is 0 Å². The number of amides is 1. The summed E-state index contributed by atoms with van der Waals surface area (Å²) in [6.45, 7) is 2.49. The molecule has 0 saturated heterocycles. The Kier molecular flexibility index (Phi) is 7.33. The average Bonchev–Trinajstić information content (AvgIpc) is 2.67. The molecular formula is C20H26ClN2O4+. The lowest BCUT2D eigenvalue weighted by Gasteiger charge is -2.22. The van der Waals surface area contributed by atoms with Crippen LogP contribution in [0.1, 0.15) is 12.5 Å². The van der Waals surface area contributed by atoms with Crippen molar-refractivity contribution in [1.82, 2.24) is 0 Å². The molecule has 0 aromatic heterocycles. The van der Waals surface area contributed by atoms with Crippen LogP contribution in [0.15, 0.2) is 36.4 Å². The van der Waals surface area contributed by atoms with Gasteiger partial charge < -0.3 is 24.4 Å². The number of anilines is 1. The van der Waals surface area contributed by atoms with Crippen molar-refractivity contribution in [3.63, 3.8) is 0 Å². The van der Waals surface area contributed by atoms with Gasteiger partial charge in [0, 0.05) is 16.7 Å². The number of ether oxygens (including phenoxy) is 3. The number of benzene rings is 2. The Morgan fingerprint density at radius 1 is 1.07 bits per heavy atom. The highest BCUT2D eigenvalue weighted by molar-refractivity contribution is 6.31. The van der Waals surface area contributed by atoms with E-state index in [2.05, 4.69) is 5.32 Å². The van der Waals surface area contributed by atoms with E-state index in [0.717, 1.165) is 22.0 Å². The number of methoxy groups -OCH3 is 3. The molecule has 1 amide bonds. The molecule has 2 aromatic rings. The SMILES string of the molecule is COc1ccc(C[NH+](C)[C@H](C)C(=O)Nc2cc(Cl)ccc2OC)c(OC)c1. The van der Waals surface area contributed by atoms with Gasteiger partial charge in [0.05, 0.1) is 34.1 Å². The van der Waals surface area contributed by atoms with Gasteiger partial charge in [-0.05, 0) is 37.3 Å². The van der Waals surface area contributed by atoms with Gasteiger partial charge in [-0.25, -0.2) is 0 Å². The molecule has 0 aliphatic rings. The van der Waals surface area contributed by atoms with Gasteiger partial charge in [0.25, 0.3) is 5.91 Å². The van der Waals surface area contributed by atoms with Gasteiger partial charge >= 0.3 is 0 Å². The van der Waals surface area contributed by atoms with Crippen molar-refractivity contribution in [3.8, 4) is 17.2 Å². The van der Waals surface area contributed by atoms with Crippen LogP contribution in [-0.4, -0.2) is 40.3 Å². The second kappa shape index (κ2) is 9.48. The maximum Gasteiger partial charge on any atom is 0.282 e. The predicted octanol–water partition coefficient (Wildman–Crippen LogP) is 2.41. The van der Waals surface area contributed by atoms with Crippen molar-refractivity contribution in [2.24, 2.45) is 0 Å². The molecule has 0 aliphatic carbocycles. The molecular weight excluding hydrogens is 368 g/mol. The monoisotopic (exact) mass is 393 g/mol. The first-order valence-corrected chi connectivity index (χ1v) is 8.95. The first-order chi connectivity index (χ1) is 12.9. The largest absolute Gasteiger partial charge is 0.497 e. The van der Waals surface area contributed by atoms with Crippen LogP contribution in [0.4, 0.5) is 5.69 Å². The molecule has 146 valence electrons. The summed E-state index contributed by atoms with van der Waals surface area (Å²) in [5.74, 6) is 1.90. The Balaban J connectivity index is 2.10. The molecule has 7 heteroatoms. The van der Waals surface area contributed by atoms with Crippen LogP contribution in [0.2, 0.25) is 5.02 Å². The average molecular weight is 394 g/mol. The van der Waals surface area contributed by atoms with Crippen molar-refractivity contribution in [1.29, 1.82) is 0 Å². The van der Waals surface area contributed by atoms with Crippen LogP contribution >= 0.6 is 11.6 Å². The van der Waals surface area contributed by atoms with E-state index in [-0.39, 0.29) is 11.9 Å². The van der Waals surface area contributed by atoms with Crippen molar-refractivity contribution in [2.45, 2.75) is 19.5 Å². The highest BCUT2D eigenvalue weighted by Crippen LogP contribution is 2.27. The minimum Gasteiger partial charge on any atom is -0.497 e. The molecule has 2 rings (SSSR count). The summed E-state index contributed by atoms with van der Waals surface area (Å²) < 4.78 is 16.0. The zero-order chi connectivity index (χ0) is 20.0. The maximum absolute atomic E-state index is 12.7. The van der Waals surface area contributed by atoms with Crippen molar-refractivity contribution in [2.75, 3.05) is 33.7 Å². The molecule has 0 heterocycles. The summed E-state index contributed by atoms with van der Waals surface area (Å²) in [6.07, 6.45) is 0. The van der Waals surface area contributed by atoms with Crippen LogP contribution in [0.3, 0.4) is 0 Å². The fourth-order valence-corrected chi connectivity index (χ4v) is 2.87. The molecule has 2 atom stereocenters. The van der Waals surface area contributed by atoms with Gasteiger partial charge in [0.1, 0.15) is 23.8 Å². The summed E-state index contributed by atoms with van der Waals surface area (Å²) in [5, 5.41) is 3.43. The lowest BCUT2D eigenvalue weighted by atomic mass is 10.1. The second-order valence-electron chi connectivity index (χ2n) is 6.26. The third-order valence-corrected chi connectivity index (χ3v) is 4.75. The van der Waals surface area contributed by atoms with E-state index in [1.165, 1.54) is 0 Å². The highest BCUT2D eigenvalue weighted by atomic mass is 35.5. The Bertz CT molecular complexity index is 798. The fraction of sp³-hybridized carbons (Fsp3) is 0.350. The van der Waals surface area contributed by atoms with E-state index in [4.69, 9.17) is 25.8 Å². The quantitative estimate of drug-likeness (QED) is 0.723. The topological polar surface area (TPSA) is 61.2 Å². The van der Waals surface area contributed by atoms with Gasteiger partial charge in [0.2, 0.25) is 0 Å². The van der Waals surface area contributed by atoms with Gasteiger partial charge in [-0.2, -0.15) is 0 Å². The Morgan fingerprint density at radius 3 is 2.41 bits per heavy atom. The van der Waals surface area contributed by atoms with Crippen molar-refractivity contribution >= 4 is 23.2 Å². The number of quaternary nitrogens is 1. The van der Waals surface area contributed by atoms with E-state index in [1.807, 2.05) is 32.2 Å². The van der Waals surface area contributed by atoms with E-state index in [9.17, 15) is 4.79 Å². The Morgan fingerprint density at radius 2 is 1.78 bits per heavy atom. The first-order valence-electron chi connectivity index (χ1n) is 8.57. The minimum absolute atomic E-state index is 0.124. The number of carbonyl (C=O) groups is 1. The third kappa shape index (κ3) is 5.28. The lowest BCUT2D eigenvalue weighted by Crippen LogP contribution is -3.12. The standard InChI is InChI=1S/C20H25ClN2O4/c1-13(20(24)22-17-10-15(21)7-9-18(17)26-4)23(2)12-14-6-8-16(25-3)11-19(14)27-5/h6-11,13H,12H2,1-5H3,(H,22,24)/p+1/t13-/m1/s1. The van der Waals surface area contributed by atoms with Crippen molar-refractivity contribution < 1.29 is 23.9 Å². The van der Waals surface area contributed by atoms with Gasteiger partial charge in [-0.3, -0.25) is 4.79 Å². The van der Waals surface area contributed by atoms with Crippen LogP contribution < -0.4 is 24.4 Å². The fourth-order valence-electron chi connectivity index (χ4n) is 2.69. The molecule has 0 fully saturated rings. The van der Waals surface area contributed by atoms with E-state index in [0.29, 0.717) is 23.0 Å². The second-order valence-corrected chi connectivity index (χ2v) is 6.69. The van der Waals surface area contributed by atoms with E-state index in [1.54, 1.807) is 39.5 Å². The van der Waals surface area contributed by atoms with E-state index >= 15 is 0 Å². The number of hydrogen-bond acceptors (Lipinski definition) is 4. The summed E-state index contributed by atoms with van der Waals surface area (Å²) >= 11 is 6.03. The molecule has 1 unspecified atom stereocenters. The first kappa shape index (κ1) is 20.9. The summed E-state index contributed by atoms with van der Waals surface area (Å²) in [5.41, 5.74) is 1.55. The number of likely N-dealkylation sites (N-methyl/N-ethyl adjacent to an activating group) is 1. The molecule has 6 nitrogen and oxygen atoms in total. The van der Waals surface area contributed by atoms with Crippen LogP contribution in [-0.2, 0) is 11.3 Å². The van der Waals surface area contributed by atoms with Gasteiger partial charge in [-0.1, -0.05) is 11.6 Å². The number of nitrogens with one attached hydrogen (secondary N) is 2. The molecule has 0 saturated carbocycles. The third-order valence-electron chi connectivity index (χ3n) is 4.52. The molecule has 2 aromatic carbocycles. The number of carbonyl (C=O) groups excluding carboxylic acids is 1. The summed E-state index contributed by atoms with van der Waals surface area (Å²) in [6, 6.07) is 10.5. The van der Waals surface area contributed by atoms with Crippen LogP contribution in [0, 0.1) is 0 Å². The molecule has 27 heavy (non-hydrogen) atoms. The van der Waals surface area contributed by atoms with Crippen molar-refractivity contribution in [3.05, 3.63) is 47.0 Å². The number of hydrogen-bond donors (Lipinski definition) is 2.